The average molecular weight is 184 g/mol. The predicted molar refractivity (Wildman–Crippen MR) is 55.6 cm³/mol. The number of carbonyl (C=O) groups excluding carboxylic acids is 1. The van der Waals surface area contributed by atoms with Crippen molar-refractivity contribution in [2.75, 3.05) is 7.05 Å². The smallest absolute Gasteiger partial charge is 0.239 e. The molecule has 0 rings (SSSR count). The van der Waals surface area contributed by atoms with Crippen LogP contribution in [0.3, 0.4) is 0 Å². The van der Waals surface area contributed by atoms with Crippen molar-refractivity contribution in [3.8, 4) is 0 Å². The van der Waals surface area contributed by atoms with Gasteiger partial charge in [0.05, 0.1) is 5.54 Å². The number of rotatable bonds is 5. The summed E-state index contributed by atoms with van der Waals surface area (Å²) in [5.74, 6) is 0.0179. The van der Waals surface area contributed by atoms with Crippen molar-refractivity contribution in [2.45, 2.75) is 38.8 Å². The second-order valence-corrected chi connectivity index (χ2v) is 3.77. The molecule has 2 N–H and O–H groups in total. The maximum Gasteiger partial charge on any atom is 0.239 e. The molecular formula is C10H20N2O. The third kappa shape index (κ3) is 4.08. The summed E-state index contributed by atoms with van der Waals surface area (Å²) in [5.41, 5.74) is -0.505. The minimum atomic E-state index is -0.505. The largest absolute Gasteiger partial charge is 0.352 e. The van der Waals surface area contributed by atoms with Crippen molar-refractivity contribution in [3.63, 3.8) is 0 Å². The van der Waals surface area contributed by atoms with Gasteiger partial charge in [-0.3, -0.25) is 4.79 Å². The number of nitrogens with one attached hydrogen (secondary N) is 2. The molecule has 0 aromatic heterocycles. The minimum Gasteiger partial charge on any atom is -0.352 e. The first-order valence-corrected chi connectivity index (χ1v) is 4.54. The van der Waals surface area contributed by atoms with Crippen LogP contribution in [-0.2, 0) is 4.79 Å². The Morgan fingerprint density at radius 3 is 2.54 bits per heavy atom. The molecule has 0 heterocycles. The van der Waals surface area contributed by atoms with Gasteiger partial charge in [-0.05, 0) is 34.2 Å². The summed E-state index contributed by atoms with van der Waals surface area (Å²) >= 11 is 0. The fourth-order valence-corrected chi connectivity index (χ4v) is 0.827. The van der Waals surface area contributed by atoms with E-state index in [2.05, 4.69) is 17.2 Å². The standard InChI is InChI=1S/C10H20N2O/c1-6-7-8(2)12-9(13)10(3,4)11-5/h6,8,11H,1,7H2,2-5H3,(H,12,13). The lowest BCUT2D eigenvalue weighted by Crippen LogP contribution is -2.53. The lowest BCUT2D eigenvalue weighted by molar-refractivity contribution is -0.126. The number of likely N-dealkylation sites (N-methyl/N-ethyl adjacent to an activating group) is 1. The zero-order valence-corrected chi connectivity index (χ0v) is 8.98. The summed E-state index contributed by atoms with van der Waals surface area (Å²) in [4.78, 5) is 11.6. The summed E-state index contributed by atoms with van der Waals surface area (Å²) in [6, 6.07) is 0.151. The van der Waals surface area contributed by atoms with Crippen LogP contribution in [-0.4, -0.2) is 24.5 Å². The SMILES string of the molecule is C=CCC(C)NC(=O)C(C)(C)NC. The highest BCUT2D eigenvalue weighted by Crippen LogP contribution is 2.02. The quantitative estimate of drug-likeness (QED) is 0.627. The Morgan fingerprint density at radius 2 is 2.15 bits per heavy atom. The minimum absolute atomic E-state index is 0.0179. The number of amides is 1. The summed E-state index contributed by atoms with van der Waals surface area (Å²) < 4.78 is 0. The third-order valence-corrected chi connectivity index (χ3v) is 2.09. The van der Waals surface area contributed by atoms with Crippen molar-refractivity contribution in [3.05, 3.63) is 12.7 Å². The summed E-state index contributed by atoms with van der Waals surface area (Å²) in [5, 5.41) is 5.85. The molecule has 0 bridgehead atoms. The van der Waals surface area contributed by atoms with Gasteiger partial charge in [0.25, 0.3) is 0 Å². The predicted octanol–water partition coefficient (Wildman–Crippen LogP) is 1.07. The van der Waals surface area contributed by atoms with Crippen LogP contribution in [0.1, 0.15) is 27.2 Å². The average Bonchev–Trinajstić information content (AvgIpc) is 2.04. The highest BCUT2D eigenvalue weighted by atomic mass is 16.2. The van der Waals surface area contributed by atoms with E-state index in [-0.39, 0.29) is 11.9 Å². The molecule has 1 atom stereocenters. The van der Waals surface area contributed by atoms with E-state index in [1.807, 2.05) is 20.8 Å². The molecule has 0 aromatic rings. The molecule has 76 valence electrons. The summed E-state index contributed by atoms with van der Waals surface area (Å²) in [7, 11) is 1.78. The molecule has 3 heteroatoms. The molecule has 1 unspecified atom stereocenters. The van der Waals surface area contributed by atoms with Crippen molar-refractivity contribution >= 4 is 5.91 Å². The van der Waals surface area contributed by atoms with Gasteiger partial charge < -0.3 is 10.6 Å². The number of hydrogen-bond donors (Lipinski definition) is 2. The molecular weight excluding hydrogens is 164 g/mol. The fourth-order valence-electron chi connectivity index (χ4n) is 0.827. The Kier molecular flexibility index (Phi) is 4.70. The Hall–Kier alpha value is -0.830. The third-order valence-electron chi connectivity index (χ3n) is 2.09. The molecule has 0 aliphatic rings. The second kappa shape index (κ2) is 5.02. The van der Waals surface area contributed by atoms with Gasteiger partial charge in [-0.15, -0.1) is 6.58 Å². The van der Waals surface area contributed by atoms with Gasteiger partial charge in [0.15, 0.2) is 0 Å². The maximum absolute atomic E-state index is 11.6. The van der Waals surface area contributed by atoms with Gasteiger partial charge in [0.2, 0.25) is 5.91 Å². The van der Waals surface area contributed by atoms with E-state index < -0.39 is 5.54 Å². The van der Waals surface area contributed by atoms with Crippen LogP contribution >= 0.6 is 0 Å². The van der Waals surface area contributed by atoms with Crippen LogP contribution in [0, 0.1) is 0 Å². The van der Waals surface area contributed by atoms with E-state index in [4.69, 9.17) is 0 Å². The van der Waals surface area contributed by atoms with E-state index in [0.717, 1.165) is 6.42 Å². The Labute approximate surface area is 80.6 Å². The Morgan fingerprint density at radius 1 is 1.62 bits per heavy atom. The van der Waals surface area contributed by atoms with Gasteiger partial charge in [0, 0.05) is 6.04 Å². The lowest BCUT2D eigenvalue weighted by atomic mass is 10.0. The molecule has 0 aromatic carbocycles. The Bertz CT molecular complexity index is 187. The van der Waals surface area contributed by atoms with E-state index in [1.54, 1.807) is 13.1 Å². The van der Waals surface area contributed by atoms with Crippen LogP contribution in [0.2, 0.25) is 0 Å². The normalized spacial score (nSPS) is 13.5. The van der Waals surface area contributed by atoms with Crippen LogP contribution in [0.5, 0.6) is 0 Å². The monoisotopic (exact) mass is 184 g/mol. The molecule has 0 spiro atoms. The van der Waals surface area contributed by atoms with Crippen LogP contribution in [0.15, 0.2) is 12.7 Å². The van der Waals surface area contributed by atoms with E-state index in [9.17, 15) is 4.79 Å². The fraction of sp³-hybridized carbons (Fsp3) is 0.700. The highest BCUT2D eigenvalue weighted by molar-refractivity contribution is 5.85. The molecule has 0 aliphatic carbocycles. The molecule has 0 radical (unpaired) electrons. The van der Waals surface area contributed by atoms with E-state index in [0.29, 0.717) is 0 Å². The van der Waals surface area contributed by atoms with E-state index in [1.165, 1.54) is 0 Å². The van der Waals surface area contributed by atoms with Crippen molar-refractivity contribution in [1.29, 1.82) is 0 Å². The van der Waals surface area contributed by atoms with Gasteiger partial charge in [-0.1, -0.05) is 6.08 Å². The van der Waals surface area contributed by atoms with Crippen molar-refractivity contribution < 1.29 is 4.79 Å². The second-order valence-electron chi connectivity index (χ2n) is 3.77. The number of carbonyl (C=O) groups is 1. The van der Waals surface area contributed by atoms with Crippen molar-refractivity contribution in [2.24, 2.45) is 0 Å². The first kappa shape index (κ1) is 12.2. The molecule has 13 heavy (non-hydrogen) atoms. The van der Waals surface area contributed by atoms with Gasteiger partial charge in [-0.2, -0.15) is 0 Å². The first-order valence-electron chi connectivity index (χ1n) is 4.54. The lowest BCUT2D eigenvalue weighted by Gasteiger charge is -2.25. The van der Waals surface area contributed by atoms with Crippen LogP contribution in [0.4, 0.5) is 0 Å². The maximum atomic E-state index is 11.6. The zero-order chi connectivity index (χ0) is 10.5. The van der Waals surface area contributed by atoms with Crippen molar-refractivity contribution in [1.82, 2.24) is 10.6 Å². The molecule has 0 aliphatic heterocycles. The molecule has 0 saturated carbocycles. The topological polar surface area (TPSA) is 41.1 Å². The summed E-state index contributed by atoms with van der Waals surface area (Å²) in [6.07, 6.45) is 2.60. The van der Waals surface area contributed by atoms with Gasteiger partial charge >= 0.3 is 0 Å². The van der Waals surface area contributed by atoms with Crippen LogP contribution in [0.25, 0.3) is 0 Å². The highest BCUT2D eigenvalue weighted by Gasteiger charge is 2.25. The molecule has 0 fully saturated rings. The molecule has 0 saturated heterocycles. The van der Waals surface area contributed by atoms with E-state index >= 15 is 0 Å². The number of hydrogen-bond acceptors (Lipinski definition) is 2. The Balaban J connectivity index is 4.06. The summed E-state index contributed by atoms with van der Waals surface area (Å²) in [6.45, 7) is 9.29. The van der Waals surface area contributed by atoms with Gasteiger partial charge in [-0.25, -0.2) is 0 Å². The van der Waals surface area contributed by atoms with Gasteiger partial charge in [0.1, 0.15) is 0 Å². The molecule has 1 amide bonds. The zero-order valence-electron chi connectivity index (χ0n) is 8.98. The molecule has 3 nitrogen and oxygen atoms in total. The van der Waals surface area contributed by atoms with Crippen LogP contribution < -0.4 is 10.6 Å². The first-order chi connectivity index (χ1) is 5.94.